The predicted molar refractivity (Wildman–Crippen MR) is 83.6 cm³/mol. The summed E-state index contributed by atoms with van der Waals surface area (Å²) >= 11 is 0. The lowest BCUT2D eigenvalue weighted by molar-refractivity contribution is -0.137. The Morgan fingerprint density at radius 3 is 2.52 bits per heavy atom. The summed E-state index contributed by atoms with van der Waals surface area (Å²) in [6.07, 6.45) is -2.24. The summed E-state index contributed by atoms with van der Waals surface area (Å²) in [6.45, 7) is 4.11. The van der Waals surface area contributed by atoms with Gasteiger partial charge in [0.25, 0.3) is 0 Å². The van der Waals surface area contributed by atoms with Gasteiger partial charge in [0.2, 0.25) is 5.91 Å². The van der Waals surface area contributed by atoms with Crippen molar-refractivity contribution in [3.8, 4) is 0 Å². The van der Waals surface area contributed by atoms with Crippen LogP contribution in [-0.4, -0.2) is 30.4 Å². The Morgan fingerprint density at radius 2 is 1.96 bits per heavy atom. The van der Waals surface area contributed by atoms with Gasteiger partial charge in [0, 0.05) is 18.7 Å². The lowest BCUT2D eigenvalue weighted by Crippen LogP contribution is -2.28. The van der Waals surface area contributed by atoms with E-state index in [0.717, 1.165) is 19.0 Å². The molecule has 1 radical (unpaired) electrons. The molecule has 7 heteroatoms. The largest absolute Gasteiger partial charge is 0.418 e. The fourth-order valence-electron chi connectivity index (χ4n) is 2.41. The zero-order valence-electron chi connectivity index (χ0n) is 13.2. The fraction of sp³-hybridized carbons (Fsp3) is 0.562. The number of amides is 1. The summed E-state index contributed by atoms with van der Waals surface area (Å²) in [5.41, 5.74) is 11.8. The van der Waals surface area contributed by atoms with E-state index in [4.69, 9.17) is 11.5 Å². The first kappa shape index (κ1) is 19.3. The number of carbonyl (C=O) groups excluding carboxylic acids is 1. The minimum atomic E-state index is -4.45. The molecule has 0 spiro atoms. The minimum Gasteiger partial charge on any atom is -0.398 e. The molecule has 0 atom stereocenters. The first-order valence-electron chi connectivity index (χ1n) is 7.66. The normalized spacial score (nSPS) is 11.9. The smallest absolute Gasteiger partial charge is 0.398 e. The highest BCUT2D eigenvalue weighted by Gasteiger charge is 2.33. The highest BCUT2D eigenvalue weighted by atomic mass is 19.4. The number of carbonyl (C=O) groups is 1. The SMILES string of the molecule is CCCN(CCCC([NH])=O)CCc1ccc(N)c(C(F)(F)F)c1. The maximum Gasteiger partial charge on any atom is 0.418 e. The second kappa shape index (κ2) is 8.76. The number of hydrogen-bond acceptors (Lipinski definition) is 3. The standard InChI is InChI=1S/C16H23F3N3O/c1-2-8-22(9-3-4-15(21)23)10-7-12-5-6-14(20)13(11-12)16(17,18)19/h5-6,11,21H,2-4,7-10,20H2,1H3. The molecular weight excluding hydrogens is 307 g/mol. The van der Waals surface area contributed by atoms with Crippen LogP contribution in [0.1, 0.15) is 37.3 Å². The molecule has 23 heavy (non-hydrogen) atoms. The van der Waals surface area contributed by atoms with Gasteiger partial charge in [-0.2, -0.15) is 13.2 Å². The number of nitrogens with one attached hydrogen (secondary N) is 1. The number of benzene rings is 1. The van der Waals surface area contributed by atoms with Crippen LogP contribution in [0.25, 0.3) is 0 Å². The van der Waals surface area contributed by atoms with Crippen LogP contribution in [0.3, 0.4) is 0 Å². The fourth-order valence-corrected chi connectivity index (χ4v) is 2.41. The molecular formula is C16H23F3N3O. The average molecular weight is 330 g/mol. The van der Waals surface area contributed by atoms with Gasteiger partial charge in [0.1, 0.15) is 0 Å². The van der Waals surface area contributed by atoms with Gasteiger partial charge >= 0.3 is 6.18 Å². The second-order valence-corrected chi connectivity index (χ2v) is 5.54. The van der Waals surface area contributed by atoms with E-state index in [2.05, 4.69) is 4.90 Å². The van der Waals surface area contributed by atoms with E-state index in [1.54, 1.807) is 6.07 Å². The topological polar surface area (TPSA) is 70.1 Å². The first-order chi connectivity index (χ1) is 10.7. The Balaban J connectivity index is 2.65. The number of rotatable bonds is 9. The molecule has 0 aliphatic rings. The van der Waals surface area contributed by atoms with E-state index in [0.29, 0.717) is 31.5 Å². The number of alkyl halides is 3. The van der Waals surface area contributed by atoms with Crippen LogP contribution in [0, 0.1) is 0 Å². The van der Waals surface area contributed by atoms with Crippen molar-refractivity contribution in [2.24, 2.45) is 0 Å². The first-order valence-corrected chi connectivity index (χ1v) is 7.66. The number of anilines is 1. The van der Waals surface area contributed by atoms with Gasteiger partial charge in [-0.3, -0.25) is 10.5 Å². The minimum absolute atomic E-state index is 0.209. The number of hydrogen-bond donors (Lipinski definition) is 1. The molecule has 4 nitrogen and oxygen atoms in total. The predicted octanol–water partition coefficient (Wildman–Crippen LogP) is 3.13. The highest BCUT2D eigenvalue weighted by molar-refractivity contribution is 5.72. The van der Waals surface area contributed by atoms with Gasteiger partial charge in [0.05, 0.1) is 5.56 Å². The Morgan fingerprint density at radius 1 is 1.26 bits per heavy atom. The lowest BCUT2D eigenvalue weighted by Gasteiger charge is -2.21. The molecule has 0 heterocycles. The van der Waals surface area contributed by atoms with Crippen molar-refractivity contribution in [2.45, 2.75) is 38.8 Å². The van der Waals surface area contributed by atoms with Gasteiger partial charge in [-0.1, -0.05) is 13.0 Å². The van der Waals surface area contributed by atoms with Crippen molar-refractivity contribution in [3.05, 3.63) is 29.3 Å². The molecule has 0 aromatic heterocycles. The molecule has 0 fully saturated rings. The van der Waals surface area contributed by atoms with E-state index in [1.807, 2.05) is 6.92 Å². The molecule has 0 bridgehead atoms. The summed E-state index contributed by atoms with van der Waals surface area (Å²) in [7, 11) is 0. The van der Waals surface area contributed by atoms with Gasteiger partial charge in [-0.25, -0.2) is 0 Å². The molecule has 0 aliphatic heterocycles. The van der Waals surface area contributed by atoms with Crippen LogP contribution in [0.4, 0.5) is 18.9 Å². The molecule has 3 N–H and O–H groups in total. The van der Waals surface area contributed by atoms with Gasteiger partial charge in [0.15, 0.2) is 0 Å². The molecule has 1 rings (SSSR count). The van der Waals surface area contributed by atoms with Crippen LogP contribution >= 0.6 is 0 Å². The van der Waals surface area contributed by atoms with Crippen LogP contribution in [0.15, 0.2) is 18.2 Å². The summed E-state index contributed by atoms with van der Waals surface area (Å²) in [4.78, 5) is 12.8. The Labute approximate surface area is 134 Å². The molecule has 0 saturated heterocycles. The summed E-state index contributed by atoms with van der Waals surface area (Å²) in [6, 6.07) is 4.01. The lowest BCUT2D eigenvalue weighted by atomic mass is 10.1. The van der Waals surface area contributed by atoms with E-state index in [-0.39, 0.29) is 12.1 Å². The Hall–Kier alpha value is -1.76. The Bertz CT molecular complexity index is 518. The summed E-state index contributed by atoms with van der Waals surface area (Å²) in [5.74, 6) is -0.588. The van der Waals surface area contributed by atoms with Crippen molar-refractivity contribution in [2.75, 3.05) is 25.4 Å². The van der Waals surface area contributed by atoms with Crippen molar-refractivity contribution in [3.63, 3.8) is 0 Å². The van der Waals surface area contributed by atoms with Crippen molar-refractivity contribution in [1.29, 1.82) is 0 Å². The summed E-state index contributed by atoms with van der Waals surface area (Å²) in [5, 5.41) is 0. The molecule has 0 unspecified atom stereocenters. The van der Waals surface area contributed by atoms with Crippen molar-refractivity contribution >= 4 is 11.6 Å². The third kappa shape index (κ3) is 6.90. The average Bonchev–Trinajstić information content (AvgIpc) is 2.44. The third-order valence-electron chi connectivity index (χ3n) is 3.56. The highest BCUT2D eigenvalue weighted by Crippen LogP contribution is 2.34. The molecule has 0 saturated carbocycles. The Kier molecular flexibility index (Phi) is 7.35. The van der Waals surface area contributed by atoms with Crippen molar-refractivity contribution in [1.82, 2.24) is 10.6 Å². The van der Waals surface area contributed by atoms with E-state index >= 15 is 0 Å². The molecule has 1 aromatic carbocycles. The number of halogens is 3. The monoisotopic (exact) mass is 330 g/mol. The zero-order valence-corrected chi connectivity index (χ0v) is 13.2. The van der Waals surface area contributed by atoms with Gasteiger partial charge in [-0.15, -0.1) is 0 Å². The quantitative estimate of drug-likeness (QED) is 0.707. The maximum atomic E-state index is 12.9. The zero-order chi connectivity index (χ0) is 17.5. The summed E-state index contributed by atoms with van der Waals surface area (Å²) < 4.78 is 38.6. The molecule has 129 valence electrons. The molecule has 1 amide bonds. The van der Waals surface area contributed by atoms with Crippen LogP contribution < -0.4 is 11.5 Å². The van der Waals surface area contributed by atoms with E-state index in [1.165, 1.54) is 6.07 Å². The van der Waals surface area contributed by atoms with Gasteiger partial charge in [-0.05, 0) is 50.0 Å². The van der Waals surface area contributed by atoms with Crippen molar-refractivity contribution < 1.29 is 18.0 Å². The third-order valence-corrected chi connectivity index (χ3v) is 3.56. The number of nitrogens with zero attached hydrogens (tertiary/aromatic N) is 1. The van der Waals surface area contributed by atoms with E-state index < -0.39 is 17.6 Å². The molecule has 0 aliphatic carbocycles. The van der Waals surface area contributed by atoms with Crippen LogP contribution in [0.5, 0.6) is 0 Å². The number of nitrogen functional groups attached to an aromatic ring is 1. The van der Waals surface area contributed by atoms with Crippen LogP contribution in [-0.2, 0) is 17.4 Å². The second-order valence-electron chi connectivity index (χ2n) is 5.54. The van der Waals surface area contributed by atoms with E-state index in [9.17, 15) is 18.0 Å². The van der Waals surface area contributed by atoms with Crippen LogP contribution in [0.2, 0.25) is 0 Å². The van der Waals surface area contributed by atoms with Gasteiger partial charge < -0.3 is 10.6 Å². The maximum absolute atomic E-state index is 12.9. The molecule has 1 aromatic rings. The number of nitrogens with two attached hydrogens (primary N) is 1.